The maximum atomic E-state index is 12.4. The van der Waals surface area contributed by atoms with Gasteiger partial charge in [-0.15, -0.1) is 0 Å². The lowest BCUT2D eigenvalue weighted by atomic mass is 10.1. The lowest BCUT2D eigenvalue weighted by Crippen LogP contribution is -2.15. The molecule has 2 aromatic carbocycles. The van der Waals surface area contributed by atoms with Crippen LogP contribution in [0.15, 0.2) is 53.7 Å². The Kier molecular flexibility index (Phi) is 6.63. The van der Waals surface area contributed by atoms with Crippen molar-refractivity contribution in [2.45, 2.75) is 19.0 Å². The Bertz CT molecular complexity index is 1090. The third kappa shape index (κ3) is 5.32. The predicted octanol–water partition coefficient (Wildman–Crippen LogP) is 4.41. The van der Waals surface area contributed by atoms with Crippen molar-refractivity contribution in [3.63, 3.8) is 0 Å². The van der Waals surface area contributed by atoms with E-state index >= 15 is 0 Å². The van der Waals surface area contributed by atoms with E-state index in [2.05, 4.69) is 15.3 Å². The number of thioether (sulfide) groups is 1. The van der Waals surface area contributed by atoms with E-state index in [1.54, 1.807) is 0 Å². The van der Waals surface area contributed by atoms with Crippen LogP contribution in [0.5, 0.6) is 5.75 Å². The fourth-order valence-electron chi connectivity index (χ4n) is 2.69. The van der Waals surface area contributed by atoms with E-state index in [1.807, 2.05) is 44.2 Å². The van der Waals surface area contributed by atoms with E-state index in [4.69, 9.17) is 4.74 Å². The molecule has 154 valence electrons. The van der Waals surface area contributed by atoms with Gasteiger partial charge in [0.1, 0.15) is 5.75 Å². The maximum absolute atomic E-state index is 12.4. The van der Waals surface area contributed by atoms with Crippen molar-refractivity contribution in [1.29, 1.82) is 0 Å². The molecule has 3 aromatic rings. The van der Waals surface area contributed by atoms with Crippen LogP contribution >= 0.6 is 11.8 Å². The Morgan fingerprint density at radius 2 is 1.87 bits per heavy atom. The molecule has 1 aromatic heterocycles. The molecule has 0 aliphatic carbocycles. The fourth-order valence-corrected chi connectivity index (χ4v) is 3.39. The smallest absolute Gasteiger partial charge is 0.273 e. The Balaban J connectivity index is 1.69. The summed E-state index contributed by atoms with van der Waals surface area (Å²) in [6.07, 6.45) is 0. The van der Waals surface area contributed by atoms with Crippen LogP contribution in [-0.4, -0.2) is 33.7 Å². The summed E-state index contributed by atoms with van der Waals surface area (Å²) in [7, 11) is 1.39. The average molecular weight is 424 g/mol. The molecule has 0 radical (unpaired) electrons. The molecule has 0 saturated heterocycles. The molecule has 3 rings (SSSR count). The van der Waals surface area contributed by atoms with Crippen LogP contribution < -0.4 is 10.1 Å². The van der Waals surface area contributed by atoms with E-state index in [0.717, 1.165) is 22.5 Å². The number of nitro benzene ring substituents is 1. The topological polar surface area (TPSA) is 107 Å². The number of anilines is 1. The second kappa shape index (κ2) is 9.36. The normalized spacial score (nSPS) is 10.5. The monoisotopic (exact) mass is 424 g/mol. The number of carbonyl (C=O) groups is 1. The summed E-state index contributed by atoms with van der Waals surface area (Å²) < 4.78 is 5.14. The van der Waals surface area contributed by atoms with Crippen LogP contribution in [0.1, 0.15) is 11.3 Å². The highest BCUT2D eigenvalue weighted by atomic mass is 32.2. The number of carbonyl (C=O) groups excluding carboxylic acids is 1. The van der Waals surface area contributed by atoms with Crippen molar-refractivity contribution in [3.8, 4) is 17.0 Å². The maximum Gasteiger partial charge on any atom is 0.273 e. The molecule has 0 aliphatic heterocycles. The number of aryl methyl sites for hydroxylation is 2. The van der Waals surface area contributed by atoms with Crippen LogP contribution in [0.25, 0.3) is 11.3 Å². The highest BCUT2D eigenvalue weighted by molar-refractivity contribution is 7.99. The van der Waals surface area contributed by atoms with Crippen LogP contribution in [0, 0.1) is 24.0 Å². The van der Waals surface area contributed by atoms with Gasteiger partial charge >= 0.3 is 0 Å². The Labute approximate surface area is 177 Å². The van der Waals surface area contributed by atoms with E-state index in [9.17, 15) is 14.9 Å². The zero-order valence-electron chi connectivity index (χ0n) is 16.7. The van der Waals surface area contributed by atoms with Gasteiger partial charge in [-0.1, -0.05) is 41.6 Å². The summed E-state index contributed by atoms with van der Waals surface area (Å²) in [5.41, 5.74) is 3.99. The van der Waals surface area contributed by atoms with Crippen molar-refractivity contribution in [2.75, 3.05) is 18.2 Å². The number of hydrogen-bond donors (Lipinski definition) is 1. The van der Waals surface area contributed by atoms with Crippen molar-refractivity contribution >= 4 is 29.0 Å². The molecule has 0 atom stereocenters. The number of ether oxygens (including phenoxy) is 1. The standard InChI is InChI=1S/C21H20N4O4S/c1-13-4-6-15(7-5-13)18-10-14(2)22-21(24-18)30-12-20(26)23-17-9-8-16(25(27)28)11-19(17)29-3/h4-11H,12H2,1-3H3,(H,23,26). The summed E-state index contributed by atoms with van der Waals surface area (Å²) >= 11 is 1.21. The summed E-state index contributed by atoms with van der Waals surface area (Å²) in [5, 5.41) is 14.1. The Morgan fingerprint density at radius 3 is 2.53 bits per heavy atom. The first-order chi connectivity index (χ1) is 14.4. The van der Waals surface area contributed by atoms with Crippen LogP contribution in [0.3, 0.4) is 0 Å². The third-order valence-electron chi connectivity index (χ3n) is 4.18. The summed E-state index contributed by atoms with van der Waals surface area (Å²) in [6, 6.07) is 13.9. The van der Waals surface area contributed by atoms with E-state index in [1.165, 1.54) is 37.1 Å². The summed E-state index contributed by atoms with van der Waals surface area (Å²) in [4.78, 5) is 31.7. The van der Waals surface area contributed by atoms with E-state index in [0.29, 0.717) is 10.8 Å². The van der Waals surface area contributed by atoms with Gasteiger partial charge in [-0.25, -0.2) is 9.97 Å². The highest BCUT2D eigenvalue weighted by Crippen LogP contribution is 2.29. The molecule has 8 nitrogen and oxygen atoms in total. The first kappa shape index (κ1) is 21.3. The Morgan fingerprint density at radius 1 is 1.13 bits per heavy atom. The lowest BCUT2D eigenvalue weighted by molar-refractivity contribution is -0.384. The van der Waals surface area contributed by atoms with Gasteiger partial charge in [0, 0.05) is 17.3 Å². The fraction of sp³-hybridized carbons (Fsp3) is 0.190. The molecule has 9 heteroatoms. The molecular weight excluding hydrogens is 404 g/mol. The minimum absolute atomic E-state index is 0.0803. The number of hydrogen-bond acceptors (Lipinski definition) is 7. The zero-order chi connectivity index (χ0) is 21.7. The molecule has 0 bridgehead atoms. The molecule has 1 heterocycles. The first-order valence-corrected chi connectivity index (χ1v) is 10.0. The highest BCUT2D eigenvalue weighted by Gasteiger charge is 2.14. The number of benzene rings is 2. The van der Waals surface area contributed by atoms with Crippen molar-refractivity contribution < 1.29 is 14.5 Å². The molecule has 0 spiro atoms. The molecule has 1 amide bonds. The predicted molar refractivity (Wildman–Crippen MR) is 116 cm³/mol. The minimum Gasteiger partial charge on any atom is -0.494 e. The summed E-state index contributed by atoms with van der Waals surface area (Å²) in [5.74, 6) is 0.00173. The summed E-state index contributed by atoms with van der Waals surface area (Å²) in [6.45, 7) is 3.90. The SMILES string of the molecule is COc1cc([N+](=O)[O-])ccc1NC(=O)CSc1nc(C)cc(-c2ccc(C)cc2)n1. The molecule has 0 saturated carbocycles. The number of methoxy groups -OCH3 is 1. The van der Waals surface area contributed by atoms with Crippen LogP contribution in [-0.2, 0) is 4.79 Å². The average Bonchev–Trinajstić information content (AvgIpc) is 2.72. The number of non-ortho nitro benzene ring substituents is 1. The molecule has 0 fully saturated rings. The van der Waals surface area contributed by atoms with Gasteiger partial charge < -0.3 is 10.1 Å². The quantitative estimate of drug-likeness (QED) is 0.259. The number of rotatable bonds is 7. The number of nitro groups is 1. The van der Waals surface area contributed by atoms with Crippen LogP contribution in [0.2, 0.25) is 0 Å². The largest absolute Gasteiger partial charge is 0.494 e. The van der Waals surface area contributed by atoms with Crippen LogP contribution in [0.4, 0.5) is 11.4 Å². The van der Waals surface area contributed by atoms with E-state index < -0.39 is 4.92 Å². The number of nitrogens with zero attached hydrogens (tertiary/aromatic N) is 3. The van der Waals surface area contributed by atoms with Gasteiger partial charge in [-0.3, -0.25) is 14.9 Å². The van der Waals surface area contributed by atoms with E-state index in [-0.39, 0.29) is 23.1 Å². The number of amides is 1. The zero-order valence-corrected chi connectivity index (χ0v) is 17.5. The Hall–Kier alpha value is -3.46. The minimum atomic E-state index is -0.523. The van der Waals surface area contributed by atoms with Gasteiger partial charge in [0.15, 0.2) is 5.16 Å². The molecule has 30 heavy (non-hydrogen) atoms. The van der Waals surface area contributed by atoms with Gasteiger partial charge in [-0.2, -0.15) is 0 Å². The van der Waals surface area contributed by atoms with Crippen molar-refractivity contribution in [2.24, 2.45) is 0 Å². The van der Waals surface area contributed by atoms with Crippen molar-refractivity contribution in [1.82, 2.24) is 9.97 Å². The van der Waals surface area contributed by atoms with Gasteiger partial charge in [0.25, 0.3) is 5.69 Å². The molecule has 0 aliphatic rings. The molecule has 1 N–H and O–H groups in total. The lowest BCUT2D eigenvalue weighted by Gasteiger charge is -2.10. The molecule has 0 unspecified atom stereocenters. The number of aromatic nitrogens is 2. The molecular formula is C21H20N4O4S. The first-order valence-electron chi connectivity index (χ1n) is 9.03. The second-order valence-corrected chi connectivity index (χ2v) is 7.46. The van der Waals surface area contributed by atoms with Gasteiger partial charge in [0.2, 0.25) is 5.91 Å². The second-order valence-electron chi connectivity index (χ2n) is 6.52. The third-order valence-corrected chi connectivity index (χ3v) is 5.03. The van der Waals surface area contributed by atoms with Gasteiger partial charge in [0.05, 0.1) is 35.2 Å². The van der Waals surface area contributed by atoms with Crippen molar-refractivity contribution in [3.05, 3.63) is 69.9 Å². The van der Waals surface area contributed by atoms with Gasteiger partial charge in [-0.05, 0) is 26.0 Å². The number of nitrogens with one attached hydrogen (secondary N) is 1.